The minimum Gasteiger partial charge on any atom is -0.392 e. The molecular formula is C32H41BrFN3O4. The molecule has 7 nitrogen and oxygen atoms in total. The molecule has 2 fully saturated rings. The molecule has 0 aromatic heterocycles. The van der Waals surface area contributed by atoms with Crippen molar-refractivity contribution in [1.82, 2.24) is 10.2 Å². The quantitative estimate of drug-likeness (QED) is 0.342. The monoisotopic (exact) mass is 629 g/mol. The first-order valence-electron chi connectivity index (χ1n) is 14.6. The predicted molar refractivity (Wildman–Crippen MR) is 160 cm³/mol. The van der Waals surface area contributed by atoms with E-state index in [-0.39, 0.29) is 23.7 Å². The molecule has 41 heavy (non-hydrogen) atoms. The van der Waals surface area contributed by atoms with Gasteiger partial charge in [0.1, 0.15) is 17.0 Å². The normalized spacial score (nSPS) is 26.4. The first-order chi connectivity index (χ1) is 19.6. The number of nitrogens with one attached hydrogen (secondary N) is 2. The number of nitrogens with zero attached hydrogens (tertiary/aromatic N) is 1. The van der Waals surface area contributed by atoms with Crippen LogP contribution < -0.4 is 10.6 Å². The average Bonchev–Trinajstić information content (AvgIpc) is 3.42. The maximum atomic E-state index is 16.0. The van der Waals surface area contributed by atoms with E-state index < -0.39 is 29.2 Å². The van der Waals surface area contributed by atoms with Crippen LogP contribution in [0.3, 0.4) is 0 Å². The van der Waals surface area contributed by atoms with Gasteiger partial charge in [0.2, 0.25) is 5.91 Å². The number of hydrogen-bond acceptors (Lipinski definition) is 6. The van der Waals surface area contributed by atoms with E-state index >= 15 is 4.39 Å². The molecule has 9 heteroatoms. The second-order valence-electron chi connectivity index (χ2n) is 12.8. The van der Waals surface area contributed by atoms with Crippen LogP contribution in [-0.4, -0.2) is 66.6 Å². The van der Waals surface area contributed by atoms with Crippen LogP contribution >= 0.6 is 15.9 Å². The number of aliphatic hydroxyl groups is 1. The Balaban J connectivity index is 1.54. The van der Waals surface area contributed by atoms with Crippen LogP contribution in [0, 0.1) is 11.2 Å². The van der Waals surface area contributed by atoms with E-state index in [0.29, 0.717) is 34.1 Å². The summed E-state index contributed by atoms with van der Waals surface area (Å²) in [5.41, 5.74) is 1.01. The number of morpholine rings is 1. The Morgan fingerprint density at radius 2 is 1.95 bits per heavy atom. The number of anilines is 1. The third-order valence-corrected chi connectivity index (χ3v) is 9.43. The Morgan fingerprint density at radius 3 is 2.66 bits per heavy atom. The lowest BCUT2D eigenvalue weighted by molar-refractivity contribution is -0.122. The summed E-state index contributed by atoms with van der Waals surface area (Å²) in [6.45, 7) is 10.4. The molecule has 4 atom stereocenters. The summed E-state index contributed by atoms with van der Waals surface area (Å²) in [5.74, 6) is -1.44. The summed E-state index contributed by atoms with van der Waals surface area (Å²) in [4.78, 5) is 30.7. The lowest BCUT2D eigenvalue weighted by Crippen LogP contribution is -2.49. The summed E-state index contributed by atoms with van der Waals surface area (Å²) in [6, 6.07) is 9.43. The van der Waals surface area contributed by atoms with Gasteiger partial charge in [-0.1, -0.05) is 45.0 Å². The van der Waals surface area contributed by atoms with Gasteiger partial charge in [0.05, 0.1) is 30.3 Å². The number of amides is 1. The molecule has 0 radical (unpaired) electrons. The fourth-order valence-electron chi connectivity index (χ4n) is 6.99. The molecule has 0 aliphatic carbocycles. The van der Waals surface area contributed by atoms with Crippen molar-refractivity contribution in [2.45, 2.75) is 76.5 Å². The van der Waals surface area contributed by atoms with E-state index in [2.05, 4.69) is 52.2 Å². The topological polar surface area (TPSA) is 90.9 Å². The Kier molecular flexibility index (Phi) is 9.02. The van der Waals surface area contributed by atoms with E-state index in [0.717, 1.165) is 51.3 Å². The molecule has 1 amide bonds. The van der Waals surface area contributed by atoms with E-state index in [1.807, 2.05) is 12.1 Å². The van der Waals surface area contributed by atoms with Gasteiger partial charge in [-0.2, -0.15) is 0 Å². The number of ether oxygens (including phenoxy) is 1. The van der Waals surface area contributed by atoms with Gasteiger partial charge < -0.3 is 20.5 Å². The number of Topliss-reactive ketones (excluding diaryl/α,β-unsaturated/α-hetero) is 1. The summed E-state index contributed by atoms with van der Waals surface area (Å²) in [5, 5.41) is 16.4. The molecule has 3 aliphatic heterocycles. The highest BCUT2D eigenvalue weighted by molar-refractivity contribution is 9.10. The van der Waals surface area contributed by atoms with Gasteiger partial charge in [-0.05, 0) is 76.0 Å². The van der Waals surface area contributed by atoms with Gasteiger partial charge in [-0.15, -0.1) is 0 Å². The van der Waals surface area contributed by atoms with Crippen molar-refractivity contribution in [1.29, 1.82) is 0 Å². The van der Waals surface area contributed by atoms with Crippen molar-refractivity contribution >= 4 is 33.3 Å². The molecule has 222 valence electrons. The Hall–Kier alpha value is -2.17. The molecule has 0 saturated carbocycles. The minimum atomic E-state index is -1.20. The maximum Gasteiger partial charge on any atom is 0.237 e. The zero-order valence-electron chi connectivity index (χ0n) is 24.1. The molecule has 2 aromatic carbocycles. The van der Waals surface area contributed by atoms with Crippen LogP contribution in [0.5, 0.6) is 0 Å². The van der Waals surface area contributed by atoms with Crippen molar-refractivity contribution in [2.24, 2.45) is 5.41 Å². The summed E-state index contributed by atoms with van der Waals surface area (Å²) < 4.78 is 21.7. The number of ketones is 1. The van der Waals surface area contributed by atoms with E-state index in [9.17, 15) is 14.7 Å². The average molecular weight is 631 g/mol. The SMILES string of the molecule is CC(C)(C)C[C@H]1N[C@@H](C(=O)CCCCN2CCOCC2)[C@H](c2cccc(Br)c2F)[C@@]12C(=O)Nc1cc(CO)ccc12. The van der Waals surface area contributed by atoms with Crippen LogP contribution in [-0.2, 0) is 26.3 Å². The molecular weight excluding hydrogens is 589 g/mol. The number of rotatable bonds is 9. The third kappa shape index (κ3) is 5.89. The van der Waals surface area contributed by atoms with Crippen LogP contribution in [0.15, 0.2) is 40.9 Å². The Labute approximate surface area is 250 Å². The predicted octanol–water partition coefficient (Wildman–Crippen LogP) is 4.90. The van der Waals surface area contributed by atoms with Crippen molar-refractivity contribution in [3.63, 3.8) is 0 Å². The van der Waals surface area contributed by atoms with Crippen molar-refractivity contribution in [2.75, 3.05) is 38.2 Å². The Bertz CT molecular complexity index is 1290. The maximum absolute atomic E-state index is 16.0. The summed E-state index contributed by atoms with van der Waals surface area (Å²) >= 11 is 3.34. The first-order valence-corrected chi connectivity index (χ1v) is 15.4. The highest BCUT2D eigenvalue weighted by Gasteiger charge is 2.65. The molecule has 2 saturated heterocycles. The van der Waals surface area contributed by atoms with E-state index in [1.165, 1.54) is 0 Å². The van der Waals surface area contributed by atoms with Crippen molar-refractivity contribution < 1.29 is 23.8 Å². The second kappa shape index (κ2) is 12.2. The number of hydrogen-bond donors (Lipinski definition) is 3. The lowest BCUT2D eigenvalue weighted by Gasteiger charge is -2.37. The van der Waals surface area contributed by atoms with Gasteiger partial charge in [0.25, 0.3) is 0 Å². The molecule has 0 bridgehead atoms. The van der Waals surface area contributed by atoms with Gasteiger partial charge in [0.15, 0.2) is 0 Å². The molecule has 0 unspecified atom stereocenters. The van der Waals surface area contributed by atoms with Gasteiger partial charge in [-0.3, -0.25) is 14.5 Å². The summed E-state index contributed by atoms with van der Waals surface area (Å²) in [6.07, 6.45) is 2.57. The number of fused-ring (bicyclic) bond motifs is 2. The van der Waals surface area contributed by atoms with Gasteiger partial charge in [-0.25, -0.2) is 4.39 Å². The third-order valence-electron chi connectivity index (χ3n) is 8.82. The number of carbonyl (C=O) groups excluding carboxylic acids is 2. The second-order valence-corrected chi connectivity index (χ2v) is 13.7. The fraction of sp³-hybridized carbons (Fsp3) is 0.562. The van der Waals surface area contributed by atoms with Crippen LogP contribution in [0.25, 0.3) is 0 Å². The minimum absolute atomic E-state index is 0.000338. The van der Waals surface area contributed by atoms with Crippen molar-refractivity contribution in [3.8, 4) is 0 Å². The molecule has 3 aliphatic rings. The van der Waals surface area contributed by atoms with Crippen molar-refractivity contribution in [3.05, 3.63) is 63.4 Å². The number of aliphatic hydroxyl groups excluding tert-OH is 1. The van der Waals surface area contributed by atoms with Gasteiger partial charge in [0, 0.05) is 37.2 Å². The zero-order valence-corrected chi connectivity index (χ0v) is 25.7. The summed E-state index contributed by atoms with van der Waals surface area (Å²) in [7, 11) is 0. The largest absolute Gasteiger partial charge is 0.392 e. The number of halogens is 2. The highest BCUT2D eigenvalue weighted by atomic mass is 79.9. The number of benzene rings is 2. The van der Waals surface area contributed by atoms with Crippen LogP contribution in [0.4, 0.5) is 10.1 Å². The van der Waals surface area contributed by atoms with E-state index in [1.54, 1.807) is 24.3 Å². The molecule has 3 N–H and O–H groups in total. The lowest BCUT2D eigenvalue weighted by atomic mass is 9.62. The fourth-order valence-corrected chi connectivity index (χ4v) is 7.37. The number of carbonyl (C=O) groups is 2. The Morgan fingerprint density at radius 1 is 1.20 bits per heavy atom. The van der Waals surface area contributed by atoms with Gasteiger partial charge >= 0.3 is 0 Å². The molecule has 1 spiro atoms. The standard InChI is InChI=1S/C32H41BrFN3O4/c1-31(2,3)18-26-32(22-11-10-20(19-38)17-24(22)35-30(32)40)27(21-7-6-8-23(33)28(21)34)29(36-26)25(39)9-4-5-12-37-13-15-41-16-14-37/h6-8,10-11,17,26-27,29,36,38H,4-5,9,12-16,18-19H2,1-3H3,(H,35,40)/t26-,27+,29+,32+/m1/s1. The van der Waals surface area contributed by atoms with Crippen LogP contribution in [0.2, 0.25) is 0 Å². The highest BCUT2D eigenvalue weighted by Crippen LogP contribution is 2.57. The number of unbranched alkanes of at least 4 members (excludes halogenated alkanes) is 1. The zero-order chi connectivity index (χ0) is 29.4. The van der Waals surface area contributed by atoms with Crippen LogP contribution in [0.1, 0.15) is 69.1 Å². The first kappa shape index (κ1) is 30.3. The molecule has 3 heterocycles. The molecule has 5 rings (SSSR count). The van der Waals surface area contributed by atoms with E-state index in [4.69, 9.17) is 4.74 Å². The molecule has 2 aromatic rings. The smallest absolute Gasteiger partial charge is 0.237 e.